The summed E-state index contributed by atoms with van der Waals surface area (Å²) in [6.07, 6.45) is 3.54. The van der Waals surface area contributed by atoms with Gasteiger partial charge in [-0.25, -0.2) is 0 Å². The molecule has 0 radical (unpaired) electrons. The van der Waals surface area contributed by atoms with Gasteiger partial charge in [0.1, 0.15) is 0 Å². The molecule has 0 fully saturated rings. The third kappa shape index (κ3) is 2.77. The highest BCUT2D eigenvalue weighted by atomic mass is 16.2. The second-order valence-electron chi connectivity index (χ2n) is 4.43. The van der Waals surface area contributed by atoms with Crippen molar-refractivity contribution in [3.63, 3.8) is 0 Å². The van der Waals surface area contributed by atoms with Crippen molar-refractivity contribution < 1.29 is 4.79 Å². The number of nitrogens with zero attached hydrogens (tertiary/aromatic N) is 2. The Labute approximate surface area is 107 Å². The normalized spacial score (nSPS) is 12.1. The minimum Gasteiger partial charge on any atom is -0.341 e. The highest BCUT2D eigenvalue weighted by Gasteiger charge is 2.19. The number of hydrogen-bond acceptors (Lipinski definition) is 2. The number of likely N-dealkylation sites (N-methyl/N-ethyl adjacent to an activating group) is 1. The molecule has 0 aliphatic rings. The minimum absolute atomic E-state index is 0.113. The van der Waals surface area contributed by atoms with Crippen LogP contribution in [-0.4, -0.2) is 28.1 Å². The van der Waals surface area contributed by atoms with E-state index in [4.69, 9.17) is 0 Å². The maximum atomic E-state index is 12.3. The smallest absolute Gasteiger partial charge is 0.229 e. The van der Waals surface area contributed by atoms with Gasteiger partial charge in [-0.3, -0.25) is 9.89 Å². The molecule has 94 valence electrons. The van der Waals surface area contributed by atoms with Crippen LogP contribution in [0.5, 0.6) is 0 Å². The molecular weight excluding hydrogens is 226 g/mol. The number of hydrogen-bond donors (Lipinski definition) is 1. The molecule has 0 saturated heterocycles. The molecule has 1 amide bonds. The zero-order chi connectivity index (χ0) is 13.0. The van der Waals surface area contributed by atoms with Crippen molar-refractivity contribution in [3.05, 3.63) is 53.9 Å². The number of nitrogens with one attached hydrogen (secondary N) is 1. The Morgan fingerprint density at radius 3 is 2.72 bits per heavy atom. The van der Waals surface area contributed by atoms with E-state index in [0.717, 1.165) is 11.1 Å². The molecule has 1 aromatic heterocycles. The molecule has 2 aromatic rings. The predicted octanol–water partition coefficient (Wildman–Crippen LogP) is 2.17. The van der Waals surface area contributed by atoms with Gasteiger partial charge < -0.3 is 4.90 Å². The largest absolute Gasteiger partial charge is 0.341 e. The van der Waals surface area contributed by atoms with Crippen molar-refractivity contribution in [2.75, 3.05) is 7.05 Å². The van der Waals surface area contributed by atoms with Crippen LogP contribution in [0.3, 0.4) is 0 Å². The molecular formula is C14H17N3O. The number of aromatic nitrogens is 2. The van der Waals surface area contributed by atoms with E-state index in [-0.39, 0.29) is 11.8 Å². The predicted molar refractivity (Wildman–Crippen MR) is 69.9 cm³/mol. The van der Waals surface area contributed by atoms with E-state index in [2.05, 4.69) is 10.2 Å². The van der Waals surface area contributed by atoms with E-state index in [1.54, 1.807) is 17.3 Å². The van der Waals surface area contributed by atoms with Crippen molar-refractivity contribution in [3.8, 4) is 0 Å². The summed E-state index contributed by atoms with van der Waals surface area (Å²) in [7, 11) is 1.81. The second kappa shape index (κ2) is 5.49. The Balaban J connectivity index is 2.02. The van der Waals surface area contributed by atoms with E-state index in [1.165, 1.54) is 0 Å². The van der Waals surface area contributed by atoms with Crippen molar-refractivity contribution >= 4 is 5.91 Å². The number of benzene rings is 1. The molecule has 0 aliphatic heterocycles. The quantitative estimate of drug-likeness (QED) is 0.894. The summed E-state index contributed by atoms with van der Waals surface area (Å²) in [5.41, 5.74) is 2.05. The summed E-state index contributed by atoms with van der Waals surface area (Å²) in [4.78, 5) is 14.0. The van der Waals surface area contributed by atoms with E-state index < -0.39 is 0 Å². The van der Waals surface area contributed by atoms with Gasteiger partial charge in [0.25, 0.3) is 0 Å². The molecule has 1 aromatic carbocycles. The van der Waals surface area contributed by atoms with E-state index in [9.17, 15) is 4.79 Å². The molecule has 1 N–H and O–H groups in total. The van der Waals surface area contributed by atoms with Gasteiger partial charge in [0.15, 0.2) is 0 Å². The van der Waals surface area contributed by atoms with Gasteiger partial charge in [-0.2, -0.15) is 5.10 Å². The van der Waals surface area contributed by atoms with Gasteiger partial charge in [-0.05, 0) is 12.5 Å². The van der Waals surface area contributed by atoms with Crippen molar-refractivity contribution in [2.45, 2.75) is 19.4 Å². The van der Waals surface area contributed by atoms with Crippen LogP contribution in [-0.2, 0) is 11.3 Å². The first-order chi connectivity index (χ1) is 8.68. The Morgan fingerprint density at radius 2 is 2.11 bits per heavy atom. The summed E-state index contributed by atoms with van der Waals surface area (Å²) in [5.74, 6) is -0.00880. The first kappa shape index (κ1) is 12.4. The summed E-state index contributed by atoms with van der Waals surface area (Å²) in [5, 5.41) is 6.62. The third-order valence-corrected chi connectivity index (χ3v) is 3.02. The number of carbonyl (C=O) groups excluding carboxylic acids is 1. The zero-order valence-corrected chi connectivity index (χ0v) is 10.6. The third-order valence-electron chi connectivity index (χ3n) is 3.02. The number of amides is 1. The molecule has 0 aliphatic carbocycles. The van der Waals surface area contributed by atoms with Gasteiger partial charge in [0, 0.05) is 25.4 Å². The molecule has 4 nitrogen and oxygen atoms in total. The lowest BCUT2D eigenvalue weighted by molar-refractivity contribution is -0.131. The van der Waals surface area contributed by atoms with Gasteiger partial charge in [0.2, 0.25) is 5.91 Å². The lowest BCUT2D eigenvalue weighted by Gasteiger charge is -2.21. The van der Waals surface area contributed by atoms with Crippen LogP contribution in [0.25, 0.3) is 0 Å². The van der Waals surface area contributed by atoms with E-state index in [1.807, 2.05) is 44.3 Å². The first-order valence-corrected chi connectivity index (χ1v) is 5.96. The lowest BCUT2D eigenvalue weighted by Crippen LogP contribution is -2.30. The SMILES string of the molecule is CC(C(=O)N(C)Cc1cn[nH]c1)c1ccccc1. The van der Waals surface area contributed by atoms with Crippen LogP contribution in [0.15, 0.2) is 42.7 Å². The Bertz CT molecular complexity index is 493. The van der Waals surface area contributed by atoms with Gasteiger partial charge in [-0.15, -0.1) is 0 Å². The molecule has 1 unspecified atom stereocenters. The Kier molecular flexibility index (Phi) is 3.77. The second-order valence-corrected chi connectivity index (χ2v) is 4.43. The van der Waals surface area contributed by atoms with Crippen molar-refractivity contribution in [1.82, 2.24) is 15.1 Å². The fourth-order valence-corrected chi connectivity index (χ4v) is 1.93. The van der Waals surface area contributed by atoms with Gasteiger partial charge in [0.05, 0.1) is 12.1 Å². The fraction of sp³-hybridized carbons (Fsp3) is 0.286. The lowest BCUT2D eigenvalue weighted by atomic mass is 10.00. The highest BCUT2D eigenvalue weighted by Crippen LogP contribution is 2.17. The Morgan fingerprint density at radius 1 is 1.39 bits per heavy atom. The molecule has 2 rings (SSSR count). The zero-order valence-electron chi connectivity index (χ0n) is 10.6. The number of rotatable bonds is 4. The summed E-state index contributed by atoms with van der Waals surface area (Å²) < 4.78 is 0. The standard InChI is InChI=1S/C14H17N3O/c1-11(13-6-4-3-5-7-13)14(18)17(2)10-12-8-15-16-9-12/h3-9,11H,10H2,1-2H3,(H,15,16). The molecule has 4 heteroatoms. The van der Waals surface area contributed by atoms with Crippen LogP contribution in [0, 0.1) is 0 Å². The minimum atomic E-state index is -0.122. The summed E-state index contributed by atoms with van der Waals surface area (Å²) in [6, 6.07) is 9.82. The maximum Gasteiger partial charge on any atom is 0.229 e. The number of carbonyl (C=O) groups is 1. The van der Waals surface area contributed by atoms with Crippen molar-refractivity contribution in [2.24, 2.45) is 0 Å². The molecule has 0 bridgehead atoms. The van der Waals surface area contributed by atoms with Gasteiger partial charge in [-0.1, -0.05) is 30.3 Å². The topological polar surface area (TPSA) is 49.0 Å². The molecule has 1 heterocycles. The number of H-pyrrole nitrogens is 1. The first-order valence-electron chi connectivity index (χ1n) is 5.96. The maximum absolute atomic E-state index is 12.3. The molecule has 0 spiro atoms. The molecule has 18 heavy (non-hydrogen) atoms. The van der Waals surface area contributed by atoms with Crippen LogP contribution >= 0.6 is 0 Å². The van der Waals surface area contributed by atoms with Gasteiger partial charge >= 0.3 is 0 Å². The number of aromatic amines is 1. The van der Waals surface area contributed by atoms with Crippen LogP contribution < -0.4 is 0 Å². The van der Waals surface area contributed by atoms with Crippen LogP contribution in [0.2, 0.25) is 0 Å². The Hall–Kier alpha value is -2.10. The summed E-state index contributed by atoms with van der Waals surface area (Å²) in [6.45, 7) is 2.51. The van der Waals surface area contributed by atoms with E-state index >= 15 is 0 Å². The average Bonchev–Trinajstić information content (AvgIpc) is 2.91. The highest BCUT2D eigenvalue weighted by molar-refractivity contribution is 5.83. The average molecular weight is 243 g/mol. The van der Waals surface area contributed by atoms with E-state index in [0.29, 0.717) is 6.54 Å². The fourth-order valence-electron chi connectivity index (χ4n) is 1.93. The monoisotopic (exact) mass is 243 g/mol. The van der Waals surface area contributed by atoms with Crippen LogP contribution in [0.4, 0.5) is 0 Å². The molecule has 1 atom stereocenters. The van der Waals surface area contributed by atoms with Crippen LogP contribution in [0.1, 0.15) is 24.0 Å². The molecule has 0 saturated carbocycles. The van der Waals surface area contributed by atoms with Crippen molar-refractivity contribution in [1.29, 1.82) is 0 Å². The summed E-state index contributed by atoms with van der Waals surface area (Å²) >= 11 is 0.